The van der Waals surface area contributed by atoms with E-state index in [1.165, 1.54) is 18.2 Å². The molecule has 0 saturated heterocycles. The molecule has 0 radical (unpaired) electrons. The van der Waals surface area contributed by atoms with Gasteiger partial charge < -0.3 is 10.3 Å². The number of nitrogens with zero attached hydrogens (tertiary/aromatic N) is 3. The Morgan fingerprint density at radius 2 is 2.07 bits per heavy atom. The number of likely N-dealkylation sites (N-methyl/N-ethyl adjacent to an activating group) is 1. The van der Waals surface area contributed by atoms with Crippen molar-refractivity contribution in [3.05, 3.63) is 73.8 Å². The number of para-hydroxylation sites is 1. The van der Waals surface area contributed by atoms with Gasteiger partial charge in [-0.05, 0) is 31.3 Å². The van der Waals surface area contributed by atoms with E-state index in [1.807, 2.05) is 0 Å². The van der Waals surface area contributed by atoms with E-state index >= 15 is 0 Å². The van der Waals surface area contributed by atoms with Crippen molar-refractivity contribution in [2.24, 2.45) is 0 Å². The number of nitro groups is 1. The molecular weight excluding hydrogens is 386 g/mol. The number of hydrogen-bond acceptors (Lipinski definition) is 6. The minimum absolute atomic E-state index is 0.0592. The molecule has 28 heavy (non-hydrogen) atoms. The van der Waals surface area contributed by atoms with Gasteiger partial charge in [-0.1, -0.05) is 23.7 Å². The number of nitro benzene ring substituents is 1. The molecule has 0 saturated carbocycles. The van der Waals surface area contributed by atoms with Crippen molar-refractivity contribution in [3.8, 4) is 0 Å². The Kier molecular flexibility index (Phi) is 5.67. The van der Waals surface area contributed by atoms with E-state index < -0.39 is 10.8 Å². The highest BCUT2D eigenvalue weighted by Crippen LogP contribution is 2.27. The molecule has 0 atom stereocenters. The summed E-state index contributed by atoms with van der Waals surface area (Å²) in [5, 5.41) is 14.3. The number of rotatable bonds is 6. The Morgan fingerprint density at radius 3 is 2.82 bits per heavy atom. The number of aromatic nitrogens is 2. The maximum absolute atomic E-state index is 12.3. The number of amides is 1. The third-order valence-electron chi connectivity index (χ3n) is 3.93. The van der Waals surface area contributed by atoms with Crippen LogP contribution >= 0.6 is 11.6 Å². The second-order valence-corrected chi connectivity index (χ2v) is 6.61. The third-order valence-corrected chi connectivity index (χ3v) is 4.16. The van der Waals surface area contributed by atoms with Crippen molar-refractivity contribution < 1.29 is 9.72 Å². The number of fused-ring (bicyclic) bond motifs is 1. The van der Waals surface area contributed by atoms with Crippen LogP contribution in [0.2, 0.25) is 5.02 Å². The van der Waals surface area contributed by atoms with Gasteiger partial charge in [0.05, 0.1) is 28.9 Å². The molecule has 10 heteroatoms. The molecule has 144 valence electrons. The van der Waals surface area contributed by atoms with Gasteiger partial charge in [0.1, 0.15) is 11.5 Å². The summed E-state index contributed by atoms with van der Waals surface area (Å²) in [5.74, 6) is -0.0347. The fourth-order valence-electron chi connectivity index (χ4n) is 2.72. The van der Waals surface area contributed by atoms with Crippen LogP contribution in [0.5, 0.6) is 0 Å². The van der Waals surface area contributed by atoms with Gasteiger partial charge in [-0.15, -0.1) is 0 Å². The number of hydrogen-bond donors (Lipinski definition) is 2. The zero-order valence-electron chi connectivity index (χ0n) is 14.8. The third kappa shape index (κ3) is 4.51. The predicted octanol–water partition coefficient (Wildman–Crippen LogP) is 2.56. The fraction of sp³-hybridized carbons (Fsp3) is 0.167. The number of H-pyrrole nitrogens is 1. The van der Waals surface area contributed by atoms with E-state index in [9.17, 15) is 19.7 Å². The first-order chi connectivity index (χ1) is 13.3. The SMILES string of the molecule is CN(CC(=O)Nc1ccc(Cl)cc1[N+](=O)[O-])Cc1nc2ccccc2c(=O)[nH]1. The molecule has 0 bridgehead atoms. The maximum Gasteiger partial charge on any atom is 0.294 e. The lowest BCUT2D eigenvalue weighted by Crippen LogP contribution is -2.31. The first-order valence-corrected chi connectivity index (χ1v) is 8.61. The molecule has 1 aromatic heterocycles. The lowest BCUT2D eigenvalue weighted by molar-refractivity contribution is -0.383. The molecule has 3 rings (SSSR count). The molecule has 9 nitrogen and oxygen atoms in total. The van der Waals surface area contributed by atoms with Crippen LogP contribution in [0.1, 0.15) is 5.82 Å². The van der Waals surface area contributed by atoms with Crippen LogP contribution in [0, 0.1) is 10.1 Å². The lowest BCUT2D eigenvalue weighted by Gasteiger charge is -2.16. The van der Waals surface area contributed by atoms with Crippen molar-refractivity contribution >= 4 is 39.8 Å². The van der Waals surface area contributed by atoms with Crippen LogP contribution < -0.4 is 10.9 Å². The van der Waals surface area contributed by atoms with E-state index in [4.69, 9.17) is 11.6 Å². The quantitative estimate of drug-likeness (QED) is 0.483. The smallest absolute Gasteiger partial charge is 0.294 e. The van der Waals surface area contributed by atoms with Crippen molar-refractivity contribution in [2.75, 3.05) is 18.9 Å². The summed E-state index contributed by atoms with van der Waals surface area (Å²) in [4.78, 5) is 43.5. The molecule has 0 unspecified atom stereocenters. The van der Waals surface area contributed by atoms with Gasteiger partial charge in [-0.25, -0.2) is 4.98 Å². The summed E-state index contributed by atoms with van der Waals surface area (Å²) in [6.07, 6.45) is 0. The van der Waals surface area contributed by atoms with Crippen LogP contribution in [0.4, 0.5) is 11.4 Å². The van der Waals surface area contributed by atoms with E-state index in [2.05, 4.69) is 15.3 Å². The van der Waals surface area contributed by atoms with E-state index in [0.717, 1.165) is 0 Å². The van der Waals surface area contributed by atoms with Gasteiger partial charge in [0.2, 0.25) is 5.91 Å². The van der Waals surface area contributed by atoms with Crippen molar-refractivity contribution in [1.29, 1.82) is 0 Å². The van der Waals surface area contributed by atoms with Crippen LogP contribution in [0.3, 0.4) is 0 Å². The molecular formula is C18H16ClN5O4. The van der Waals surface area contributed by atoms with E-state index in [0.29, 0.717) is 16.7 Å². The average Bonchev–Trinajstić information content (AvgIpc) is 2.63. The molecule has 2 aromatic carbocycles. The molecule has 0 aliphatic heterocycles. The summed E-state index contributed by atoms with van der Waals surface area (Å²) in [7, 11) is 1.67. The Bertz CT molecular complexity index is 1110. The Hall–Kier alpha value is -3.30. The maximum atomic E-state index is 12.3. The zero-order chi connectivity index (χ0) is 20.3. The predicted molar refractivity (Wildman–Crippen MR) is 105 cm³/mol. The number of nitrogens with one attached hydrogen (secondary N) is 2. The molecule has 1 amide bonds. The summed E-state index contributed by atoms with van der Waals surface area (Å²) in [6.45, 7) is 0.159. The number of carbonyl (C=O) groups is 1. The monoisotopic (exact) mass is 401 g/mol. The van der Waals surface area contributed by atoms with Crippen molar-refractivity contribution in [2.45, 2.75) is 6.54 Å². The first kappa shape index (κ1) is 19.5. The van der Waals surface area contributed by atoms with Crippen molar-refractivity contribution in [1.82, 2.24) is 14.9 Å². The highest BCUT2D eigenvalue weighted by Gasteiger charge is 2.17. The highest BCUT2D eigenvalue weighted by atomic mass is 35.5. The van der Waals surface area contributed by atoms with Gasteiger partial charge >= 0.3 is 0 Å². The normalized spacial score (nSPS) is 11.0. The average molecular weight is 402 g/mol. The van der Waals surface area contributed by atoms with E-state index in [1.54, 1.807) is 36.2 Å². The molecule has 0 aliphatic carbocycles. The summed E-state index contributed by atoms with van der Waals surface area (Å²) < 4.78 is 0. The Morgan fingerprint density at radius 1 is 1.32 bits per heavy atom. The largest absolute Gasteiger partial charge is 0.319 e. The minimum Gasteiger partial charge on any atom is -0.319 e. The van der Waals surface area contributed by atoms with Gasteiger partial charge in [0.25, 0.3) is 11.2 Å². The topological polar surface area (TPSA) is 121 Å². The zero-order valence-corrected chi connectivity index (χ0v) is 15.6. The molecule has 3 aromatic rings. The minimum atomic E-state index is -0.616. The highest BCUT2D eigenvalue weighted by molar-refractivity contribution is 6.31. The molecule has 1 heterocycles. The van der Waals surface area contributed by atoms with Gasteiger partial charge in [0, 0.05) is 11.1 Å². The van der Waals surface area contributed by atoms with Gasteiger partial charge in [0.15, 0.2) is 0 Å². The number of aromatic amines is 1. The number of halogens is 1. The first-order valence-electron chi connectivity index (χ1n) is 8.24. The van der Waals surface area contributed by atoms with Gasteiger partial charge in [-0.2, -0.15) is 0 Å². The molecule has 2 N–H and O–H groups in total. The van der Waals surface area contributed by atoms with Crippen LogP contribution in [0.25, 0.3) is 10.9 Å². The standard InChI is InChI=1S/C18H16ClN5O4/c1-23(9-16-20-13-5-3-2-4-12(13)18(26)22-16)10-17(25)21-14-7-6-11(19)8-15(14)24(27)28/h2-8H,9-10H2,1H3,(H,21,25)(H,20,22,26). The van der Waals surface area contributed by atoms with Crippen molar-refractivity contribution in [3.63, 3.8) is 0 Å². The number of benzene rings is 2. The Labute approximate surface area is 164 Å². The van der Waals surface area contributed by atoms with Gasteiger partial charge in [-0.3, -0.25) is 24.6 Å². The number of carbonyl (C=O) groups excluding carboxylic acids is 1. The second-order valence-electron chi connectivity index (χ2n) is 6.17. The summed E-state index contributed by atoms with van der Waals surface area (Å²) in [5.41, 5.74) is 0.0835. The molecule has 0 fully saturated rings. The second kappa shape index (κ2) is 8.15. The van der Waals surface area contributed by atoms with Crippen LogP contribution in [-0.2, 0) is 11.3 Å². The summed E-state index contributed by atoms with van der Waals surface area (Å²) >= 11 is 5.76. The van der Waals surface area contributed by atoms with Crippen LogP contribution in [-0.4, -0.2) is 39.3 Å². The Balaban J connectivity index is 1.68. The van der Waals surface area contributed by atoms with E-state index in [-0.39, 0.29) is 35.0 Å². The molecule has 0 aliphatic rings. The number of anilines is 1. The van der Waals surface area contributed by atoms with Crippen LogP contribution in [0.15, 0.2) is 47.3 Å². The lowest BCUT2D eigenvalue weighted by atomic mass is 10.2. The fourth-order valence-corrected chi connectivity index (χ4v) is 2.88. The molecule has 0 spiro atoms. The summed E-state index contributed by atoms with van der Waals surface area (Å²) in [6, 6.07) is 11.0.